The second-order valence-electron chi connectivity index (χ2n) is 4.03. The fourth-order valence-electron chi connectivity index (χ4n) is 1.70. The van der Waals surface area contributed by atoms with Crippen LogP contribution >= 0.6 is 11.8 Å². The molecule has 1 fully saturated rings. The van der Waals surface area contributed by atoms with Crippen LogP contribution in [0, 0.1) is 0 Å². The van der Waals surface area contributed by atoms with Crippen LogP contribution in [0.1, 0.15) is 11.1 Å². The van der Waals surface area contributed by atoms with Gasteiger partial charge in [0.1, 0.15) is 0 Å². The van der Waals surface area contributed by atoms with Crippen LogP contribution in [0.2, 0.25) is 0 Å². The van der Waals surface area contributed by atoms with Gasteiger partial charge in [-0.1, -0.05) is 23.9 Å². The fourth-order valence-corrected chi connectivity index (χ4v) is 2.50. The fraction of sp³-hybridized carbons (Fsp3) is 0.333. The van der Waals surface area contributed by atoms with Gasteiger partial charge in [0.05, 0.1) is 12.0 Å². The standard InChI is InChI=1S/C12H10F3NO2S/c13-12(14,15)9-3-1-8(2-4-9)7-10(17)16-5-6-19-11(16)18/h1-4H,5-7H2. The summed E-state index contributed by atoms with van der Waals surface area (Å²) in [6, 6.07) is 4.38. The maximum absolute atomic E-state index is 12.4. The molecule has 1 saturated heterocycles. The van der Waals surface area contributed by atoms with E-state index < -0.39 is 11.7 Å². The molecule has 2 amide bonds. The Bertz CT molecular complexity index is 499. The third kappa shape index (κ3) is 3.28. The number of hydrogen-bond acceptors (Lipinski definition) is 3. The summed E-state index contributed by atoms with van der Waals surface area (Å²) in [5, 5.41) is -0.295. The summed E-state index contributed by atoms with van der Waals surface area (Å²) in [6.45, 7) is 0.364. The molecule has 1 aliphatic heterocycles. The number of carbonyl (C=O) groups excluding carboxylic acids is 2. The van der Waals surface area contributed by atoms with Gasteiger partial charge in [-0.05, 0) is 17.7 Å². The zero-order valence-corrected chi connectivity index (χ0v) is 10.6. The lowest BCUT2D eigenvalue weighted by Gasteiger charge is -2.12. The summed E-state index contributed by atoms with van der Waals surface area (Å²) in [5.74, 6) is 0.187. The smallest absolute Gasteiger partial charge is 0.274 e. The average Bonchev–Trinajstić information content (AvgIpc) is 2.75. The van der Waals surface area contributed by atoms with Crippen LogP contribution in [0.3, 0.4) is 0 Å². The molecule has 19 heavy (non-hydrogen) atoms. The summed E-state index contributed by atoms with van der Waals surface area (Å²) in [4.78, 5) is 24.2. The van der Waals surface area contributed by atoms with Crippen LogP contribution in [-0.2, 0) is 17.4 Å². The highest BCUT2D eigenvalue weighted by atomic mass is 32.2. The monoisotopic (exact) mass is 289 g/mol. The van der Waals surface area contributed by atoms with Crippen molar-refractivity contribution in [2.45, 2.75) is 12.6 Å². The molecule has 1 aromatic carbocycles. The van der Waals surface area contributed by atoms with Gasteiger partial charge in [0.15, 0.2) is 0 Å². The molecule has 102 valence electrons. The third-order valence-electron chi connectivity index (χ3n) is 2.70. The number of halogens is 3. The van der Waals surface area contributed by atoms with Crippen molar-refractivity contribution in [2.24, 2.45) is 0 Å². The minimum atomic E-state index is -4.38. The Labute approximate surface area is 111 Å². The van der Waals surface area contributed by atoms with E-state index in [1.54, 1.807) is 0 Å². The lowest BCUT2D eigenvalue weighted by Crippen LogP contribution is -2.32. The Morgan fingerprint density at radius 1 is 1.26 bits per heavy atom. The highest BCUT2D eigenvalue weighted by Gasteiger charge is 2.30. The van der Waals surface area contributed by atoms with E-state index >= 15 is 0 Å². The summed E-state index contributed by atoms with van der Waals surface area (Å²) in [6.07, 6.45) is -4.45. The van der Waals surface area contributed by atoms with E-state index in [1.165, 1.54) is 12.1 Å². The molecule has 0 spiro atoms. The summed E-state index contributed by atoms with van der Waals surface area (Å²) < 4.78 is 37.1. The van der Waals surface area contributed by atoms with Gasteiger partial charge in [0, 0.05) is 12.3 Å². The van der Waals surface area contributed by atoms with Crippen molar-refractivity contribution in [3.05, 3.63) is 35.4 Å². The Morgan fingerprint density at radius 3 is 2.37 bits per heavy atom. The lowest BCUT2D eigenvalue weighted by atomic mass is 10.1. The van der Waals surface area contributed by atoms with E-state index in [0.29, 0.717) is 17.9 Å². The molecular weight excluding hydrogens is 279 g/mol. The molecule has 1 aromatic rings. The molecule has 0 saturated carbocycles. The number of rotatable bonds is 2. The molecular formula is C12H10F3NO2S. The predicted molar refractivity (Wildman–Crippen MR) is 64.7 cm³/mol. The number of nitrogens with zero attached hydrogens (tertiary/aromatic N) is 1. The van der Waals surface area contributed by atoms with Crippen molar-refractivity contribution in [2.75, 3.05) is 12.3 Å². The van der Waals surface area contributed by atoms with E-state index in [-0.39, 0.29) is 17.6 Å². The Morgan fingerprint density at radius 2 is 1.89 bits per heavy atom. The summed E-state index contributed by atoms with van der Waals surface area (Å²) >= 11 is 1.07. The first kappa shape index (κ1) is 13.9. The van der Waals surface area contributed by atoms with Crippen molar-refractivity contribution in [1.29, 1.82) is 0 Å². The van der Waals surface area contributed by atoms with Crippen LogP contribution in [0.15, 0.2) is 24.3 Å². The summed E-state index contributed by atoms with van der Waals surface area (Å²) in [7, 11) is 0. The van der Waals surface area contributed by atoms with Gasteiger partial charge in [-0.25, -0.2) is 0 Å². The number of benzene rings is 1. The van der Waals surface area contributed by atoms with Gasteiger partial charge in [0.25, 0.3) is 5.24 Å². The molecule has 0 N–H and O–H groups in total. The van der Waals surface area contributed by atoms with Gasteiger partial charge in [-0.3, -0.25) is 14.5 Å². The van der Waals surface area contributed by atoms with Crippen molar-refractivity contribution in [3.8, 4) is 0 Å². The number of amides is 2. The lowest BCUT2D eigenvalue weighted by molar-refractivity contribution is -0.137. The second kappa shape index (κ2) is 5.24. The topological polar surface area (TPSA) is 37.4 Å². The molecule has 0 unspecified atom stereocenters. The zero-order chi connectivity index (χ0) is 14.0. The highest BCUT2D eigenvalue weighted by molar-refractivity contribution is 8.13. The molecule has 0 aromatic heterocycles. The van der Waals surface area contributed by atoms with Gasteiger partial charge in [-0.2, -0.15) is 13.2 Å². The maximum atomic E-state index is 12.4. The molecule has 3 nitrogen and oxygen atoms in total. The van der Waals surface area contributed by atoms with E-state index in [1.807, 2.05) is 0 Å². The van der Waals surface area contributed by atoms with Crippen molar-refractivity contribution < 1.29 is 22.8 Å². The molecule has 0 aliphatic carbocycles. The molecule has 1 heterocycles. The van der Waals surface area contributed by atoms with Crippen molar-refractivity contribution >= 4 is 22.9 Å². The second-order valence-corrected chi connectivity index (χ2v) is 5.08. The average molecular weight is 289 g/mol. The van der Waals surface area contributed by atoms with Crippen LogP contribution in [0.5, 0.6) is 0 Å². The molecule has 2 rings (SSSR count). The third-order valence-corrected chi connectivity index (χ3v) is 3.55. The Kier molecular flexibility index (Phi) is 3.84. The van der Waals surface area contributed by atoms with Crippen LogP contribution in [-0.4, -0.2) is 28.3 Å². The van der Waals surface area contributed by atoms with Crippen molar-refractivity contribution in [3.63, 3.8) is 0 Å². The molecule has 0 atom stereocenters. The Hall–Kier alpha value is -1.50. The normalized spacial score (nSPS) is 15.9. The van der Waals surface area contributed by atoms with E-state index in [2.05, 4.69) is 0 Å². The first-order valence-electron chi connectivity index (χ1n) is 5.51. The first-order valence-corrected chi connectivity index (χ1v) is 6.50. The number of alkyl halides is 3. The molecule has 1 aliphatic rings. The molecule has 7 heteroatoms. The number of imide groups is 1. The quantitative estimate of drug-likeness (QED) is 0.840. The Balaban J connectivity index is 2.04. The number of hydrogen-bond donors (Lipinski definition) is 0. The number of carbonyl (C=O) groups is 2. The van der Waals surface area contributed by atoms with Gasteiger partial charge in [-0.15, -0.1) is 0 Å². The zero-order valence-electron chi connectivity index (χ0n) is 9.74. The van der Waals surface area contributed by atoms with Crippen LogP contribution in [0.4, 0.5) is 18.0 Å². The first-order chi connectivity index (χ1) is 8.88. The van der Waals surface area contributed by atoms with E-state index in [9.17, 15) is 22.8 Å². The van der Waals surface area contributed by atoms with Crippen LogP contribution in [0.25, 0.3) is 0 Å². The summed E-state index contributed by atoms with van der Waals surface area (Å²) in [5.41, 5.74) is -0.292. The molecule has 0 bridgehead atoms. The number of thioether (sulfide) groups is 1. The maximum Gasteiger partial charge on any atom is 0.416 e. The van der Waals surface area contributed by atoms with Gasteiger partial charge in [0.2, 0.25) is 5.91 Å². The van der Waals surface area contributed by atoms with Crippen molar-refractivity contribution in [1.82, 2.24) is 4.90 Å². The van der Waals surface area contributed by atoms with E-state index in [4.69, 9.17) is 0 Å². The van der Waals surface area contributed by atoms with Gasteiger partial charge < -0.3 is 0 Å². The van der Waals surface area contributed by atoms with Crippen LogP contribution < -0.4 is 0 Å². The highest BCUT2D eigenvalue weighted by Crippen LogP contribution is 2.29. The predicted octanol–water partition coefficient (Wildman–Crippen LogP) is 2.94. The van der Waals surface area contributed by atoms with E-state index in [0.717, 1.165) is 28.8 Å². The SMILES string of the molecule is O=C(Cc1ccc(C(F)(F)F)cc1)N1CCSC1=O. The largest absolute Gasteiger partial charge is 0.416 e. The minimum absolute atomic E-state index is 0.0650. The minimum Gasteiger partial charge on any atom is -0.274 e. The molecule has 0 radical (unpaired) electrons. The van der Waals surface area contributed by atoms with Gasteiger partial charge >= 0.3 is 6.18 Å².